The average molecular weight is 449 g/mol. The Labute approximate surface area is 193 Å². The Kier molecular flexibility index (Phi) is 6.98. The van der Waals surface area contributed by atoms with Crippen molar-refractivity contribution in [1.29, 1.82) is 0 Å². The zero-order chi connectivity index (χ0) is 23.2. The minimum atomic E-state index is -0.900. The van der Waals surface area contributed by atoms with Crippen LogP contribution in [0.4, 0.5) is 5.69 Å². The van der Waals surface area contributed by atoms with Crippen molar-refractivity contribution in [3.8, 4) is 11.5 Å². The molecule has 0 bridgehead atoms. The maximum absolute atomic E-state index is 13.7. The molecule has 1 atom stereocenters. The highest BCUT2D eigenvalue weighted by atomic mass is 16.5. The van der Waals surface area contributed by atoms with Crippen LogP contribution in [0.3, 0.4) is 0 Å². The summed E-state index contributed by atoms with van der Waals surface area (Å²) in [5.41, 5.74) is 1.19. The van der Waals surface area contributed by atoms with E-state index in [-0.39, 0.29) is 17.7 Å². The topological polar surface area (TPSA) is 81.0 Å². The number of nitrogens with zero attached hydrogens (tertiary/aromatic N) is 1. The van der Waals surface area contributed by atoms with Crippen molar-refractivity contribution in [2.24, 2.45) is 0 Å². The van der Waals surface area contributed by atoms with E-state index in [2.05, 4.69) is 5.32 Å². The van der Waals surface area contributed by atoms with Gasteiger partial charge in [0.25, 0.3) is 5.91 Å². The van der Waals surface area contributed by atoms with E-state index in [9.17, 15) is 9.59 Å². The van der Waals surface area contributed by atoms with E-state index >= 15 is 0 Å². The van der Waals surface area contributed by atoms with Gasteiger partial charge in [0.2, 0.25) is 5.91 Å². The lowest BCUT2D eigenvalue weighted by Crippen LogP contribution is -2.46. The molecule has 7 heteroatoms. The van der Waals surface area contributed by atoms with Crippen molar-refractivity contribution in [2.75, 3.05) is 19.1 Å². The quantitative estimate of drug-likeness (QED) is 0.538. The molecule has 1 fully saturated rings. The molecule has 1 aliphatic rings. The largest absolute Gasteiger partial charge is 0.493 e. The number of carbonyl (C=O) groups is 2. The fourth-order valence-corrected chi connectivity index (χ4v) is 4.28. The Morgan fingerprint density at radius 3 is 2.33 bits per heavy atom. The van der Waals surface area contributed by atoms with Crippen LogP contribution in [0.1, 0.15) is 47.8 Å². The van der Waals surface area contributed by atoms with Crippen molar-refractivity contribution in [3.63, 3.8) is 0 Å². The first-order valence-electron chi connectivity index (χ1n) is 11.1. The molecule has 0 saturated heterocycles. The van der Waals surface area contributed by atoms with Gasteiger partial charge in [-0.05, 0) is 42.7 Å². The number of ether oxygens (including phenoxy) is 2. The van der Waals surface area contributed by atoms with Gasteiger partial charge in [-0.2, -0.15) is 0 Å². The summed E-state index contributed by atoms with van der Waals surface area (Å²) in [7, 11) is 3.08. The normalized spacial score (nSPS) is 14.5. The van der Waals surface area contributed by atoms with E-state index in [1.165, 1.54) is 18.3 Å². The monoisotopic (exact) mass is 448 g/mol. The lowest BCUT2D eigenvalue weighted by Gasteiger charge is -2.32. The molecule has 1 aliphatic carbocycles. The molecule has 7 nitrogen and oxygen atoms in total. The van der Waals surface area contributed by atoms with Gasteiger partial charge in [0.1, 0.15) is 6.04 Å². The summed E-state index contributed by atoms with van der Waals surface area (Å²) < 4.78 is 16.2. The Hall–Kier alpha value is -3.74. The molecule has 33 heavy (non-hydrogen) atoms. The molecule has 3 aromatic rings. The van der Waals surface area contributed by atoms with Gasteiger partial charge >= 0.3 is 0 Å². The van der Waals surface area contributed by atoms with Gasteiger partial charge in [0.05, 0.1) is 20.5 Å². The summed E-state index contributed by atoms with van der Waals surface area (Å²) in [6.45, 7) is 0. The second-order valence-corrected chi connectivity index (χ2v) is 7.99. The predicted molar refractivity (Wildman–Crippen MR) is 125 cm³/mol. The highest BCUT2D eigenvalue weighted by Crippen LogP contribution is 2.36. The van der Waals surface area contributed by atoms with Gasteiger partial charge in [0, 0.05) is 17.8 Å². The predicted octanol–water partition coefficient (Wildman–Crippen LogP) is 4.74. The number of anilines is 1. The molecule has 0 spiro atoms. The first kappa shape index (κ1) is 22.5. The van der Waals surface area contributed by atoms with Crippen LogP contribution >= 0.6 is 0 Å². The number of hydrogen-bond acceptors (Lipinski definition) is 5. The highest BCUT2D eigenvalue weighted by Gasteiger charge is 2.36. The second kappa shape index (κ2) is 10.3. The van der Waals surface area contributed by atoms with E-state index in [1.807, 2.05) is 30.3 Å². The van der Waals surface area contributed by atoms with E-state index in [4.69, 9.17) is 13.9 Å². The third-order valence-corrected chi connectivity index (χ3v) is 5.92. The first-order valence-corrected chi connectivity index (χ1v) is 11.1. The molecule has 1 heterocycles. The van der Waals surface area contributed by atoms with E-state index in [0.717, 1.165) is 25.7 Å². The zero-order valence-corrected chi connectivity index (χ0v) is 18.8. The third-order valence-electron chi connectivity index (χ3n) is 5.92. The van der Waals surface area contributed by atoms with Crippen molar-refractivity contribution < 1.29 is 23.5 Å². The van der Waals surface area contributed by atoms with Crippen LogP contribution in [0.2, 0.25) is 0 Å². The maximum atomic E-state index is 13.7. The van der Waals surface area contributed by atoms with Crippen LogP contribution in [-0.4, -0.2) is 32.1 Å². The van der Waals surface area contributed by atoms with E-state index in [0.29, 0.717) is 22.7 Å². The second-order valence-electron chi connectivity index (χ2n) is 7.99. The Balaban J connectivity index is 1.82. The number of benzene rings is 2. The first-order chi connectivity index (χ1) is 16.1. The van der Waals surface area contributed by atoms with Crippen LogP contribution in [-0.2, 0) is 4.79 Å². The molecule has 0 aliphatic heterocycles. The molecular weight excluding hydrogens is 420 g/mol. The smallest absolute Gasteiger partial charge is 0.294 e. The highest BCUT2D eigenvalue weighted by molar-refractivity contribution is 6.08. The fraction of sp³-hybridized carbons (Fsp3) is 0.308. The van der Waals surface area contributed by atoms with Crippen LogP contribution in [0.5, 0.6) is 11.5 Å². The molecule has 2 aromatic carbocycles. The number of rotatable bonds is 8. The maximum Gasteiger partial charge on any atom is 0.294 e. The Morgan fingerprint density at radius 2 is 1.70 bits per heavy atom. The number of nitrogens with one attached hydrogen (secondary N) is 1. The van der Waals surface area contributed by atoms with Crippen LogP contribution in [0.25, 0.3) is 0 Å². The summed E-state index contributed by atoms with van der Waals surface area (Å²) in [4.78, 5) is 28.8. The van der Waals surface area contributed by atoms with Crippen molar-refractivity contribution in [3.05, 3.63) is 78.3 Å². The number of furan rings is 1. The number of amides is 2. The Bertz CT molecular complexity index is 1080. The average Bonchev–Trinajstić information content (AvgIpc) is 3.57. The summed E-state index contributed by atoms with van der Waals surface area (Å²) >= 11 is 0. The SMILES string of the molecule is COc1ccc(N(C(=O)c2ccco2)C(C(=O)NC2CCCC2)c2ccccc2)cc1OC. The summed E-state index contributed by atoms with van der Waals surface area (Å²) in [6.07, 6.45) is 5.50. The molecule has 1 unspecified atom stereocenters. The fourth-order valence-electron chi connectivity index (χ4n) is 4.28. The minimum absolute atomic E-state index is 0.106. The van der Waals surface area contributed by atoms with Gasteiger partial charge < -0.3 is 19.2 Å². The Morgan fingerprint density at radius 1 is 0.970 bits per heavy atom. The molecule has 172 valence electrons. The number of hydrogen-bond donors (Lipinski definition) is 1. The number of methoxy groups -OCH3 is 2. The summed E-state index contributed by atoms with van der Waals surface area (Å²) in [5.74, 6) is 0.457. The third kappa shape index (κ3) is 4.87. The van der Waals surface area contributed by atoms with Gasteiger partial charge in [-0.1, -0.05) is 43.2 Å². The van der Waals surface area contributed by atoms with Gasteiger partial charge in [0.15, 0.2) is 17.3 Å². The standard InChI is InChI=1S/C26H28N2O5/c1-31-21-15-14-20(17-23(21)32-2)28(26(30)22-13-8-16-33-22)24(18-9-4-3-5-10-18)25(29)27-19-11-6-7-12-19/h3-5,8-10,13-17,19,24H,6-7,11-12H2,1-2H3,(H,27,29). The number of carbonyl (C=O) groups excluding carboxylic acids is 2. The van der Waals surface area contributed by atoms with Crippen LogP contribution in [0.15, 0.2) is 71.3 Å². The molecule has 0 radical (unpaired) electrons. The summed E-state index contributed by atoms with van der Waals surface area (Å²) in [5, 5.41) is 3.16. The molecule has 4 rings (SSSR count). The van der Waals surface area contributed by atoms with Gasteiger partial charge in [-0.15, -0.1) is 0 Å². The molecule has 1 N–H and O–H groups in total. The zero-order valence-electron chi connectivity index (χ0n) is 18.8. The molecule has 2 amide bonds. The molecule has 1 aromatic heterocycles. The molecule has 1 saturated carbocycles. The van der Waals surface area contributed by atoms with Crippen molar-refractivity contribution >= 4 is 17.5 Å². The van der Waals surface area contributed by atoms with E-state index < -0.39 is 11.9 Å². The summed E-state index contributed by atoms with van der Waals surface area (Å²) in [6, 6.07) is 16.9. The van der Waals surface area contributed by atoms with Crippen molar-refractivity contribution in [1.82, 2.24) is 5.32 Å². The van der Waals surface area contributed by atoms with Gasteiger partial charge in [-0.25, -0.2) is 0 Å². The van der Waals surface area contributed by atoms with Crippen molar-refractivity contribution in [2.45, 2.75) is 37.8 Å². The van der Waals surface area contributed by atoms with Crippen LogP contribution < -0.4 is 19.7 Å². The van der Waals surface area contributed by atoms with Gasteiger partial charge in [-0.3, -0.25) is 14.5 Å². The van der Waals surface area contributed by atoms with E-state index in [1.54, 1.807) is 37.4 Å². The lowest BCUT2D eigenvalue weighted by atomic mass is 10.0. The van der Waals surface area contributed by atoms with Crippen LogP contribution in [0, 0.1) is 0 Å². The molecular formula is C26H28N2O5. The lowest BCUT2D eigenvalue weighted by molar-refractivity contribution is -0.123. The minimum Gasteiger partial charge on any atom is -0.493 e.